The van der Waals surface area contributed by atoms with Crippen LogP contribution >= 0.6 is 0 Å². The highest BCUT2D eigenvalue weighted by Gasteiger charge is 2.29. The zero-order valence-electron chi connectivity index (χ0n) is 17.6. The van der Waals surface area contributed by atoms with E-state index in [1.165, 1.54) is 12.1 Å². The van der Waals surface area contributed by atoms with E-state index >= 15 is 0 Å². The van der Waals surface area contributed by atoms with E-state index in [2.05, 4.69) is 27.0 Å². The van der Waals surface area contributed by atoms with Crippen molar-refractivity contribution >= 4 is 5.96 Å². The molecule has 0 saturated carbocycles. The number of aliphatic imine (C=N–C) groups is 1. The summed E-state index contributed by atoms with van der Waals surface area (Å²) in [6.07, 6.45) is -1.29. The van der Waals surface area contributed by atoms with Gasteiger partial charge in [0, 0.05) is 45.5 Å². The Morgan fingerprint density at radius 2 is 1.90 bits per heavy atom. The molecule has 1 aromatic rings. The van der Waals surface area contributed by atoms with E-state index in [9.17, 15) is 13.2 Å². The molecular weight excluding hydrogens is 395 g/mol. The standard InChI is InChI=1S/C22H30F3N3O2/c1-3-26-21(28-14-11-20(12-15-28)30-17-5-16-29-2)27-13-4-6-18-7-9-19(10-8-18)22(23,24)25/h7-10,20H,3,5,11-17H2,1-2H3,(H,26,27). The third-order valence-corrected chi connectivity index (χ3v) is 4.68. The largest absolute Gasteiger partial charge is 0.416 e. The van der Waals surface area contributed by atoms with Gasteiger partial charge in [0.25, 0.3) is 0 Å². The van der Waals surface area contributed by atoms with Crippen LogP contribution in [0.1, 0.15) is 37.3 Å². The molecule has 0 bridgehead atoms. The van der Waals surface area contributed by atoms with E-state index in [-0.39, 0.29) is 12.6 Å². The minimum absolute atomic E-state index is 0.264. The molecule has 0 aromatic heterocycles. The molecule has 0 unspecified atom stereocenters. The van der Waals surface area contributed by atoms with E-state index in [1.807, 2.05) is 6.92 Å². The van der Waals surface area contributed by atoms with E-state index in [0.29, 0.717) is 18.8 Å². The van der Waals surface area contributed by atoms with Gasteiger partial charge < -0.3 is 19.7 Å². The number of halogens is 3. The van der Waals surface area contributed by atoms with Crippen LogP contribution in [0.25, 0.3) is 0 Å². The Labute approximate surface area is 176 Å². The number of hydrogen-bond donors (Lipinski definition) is 1. The number of alkyl halides is 3. The molecule has 0 atom stereocenters. The first-order valence-corrected chi connectivity index (χ1v) is 10.2. The lowest BCUT2D eigenvalue weighted by Gasteiger charge is -2.34. The summed E-state index contributed by atoms with van der Waals surface area (Å²) in [4.78, 5) is 6.73. The molecule has 166 valence electrons. The molecule has 5 nitrogen and oxygen atoms in total. The van der Waals surface area contributed by atoms with Gasteiger partial charge in [-0.2, -0.15) is 13.2 Å². The highest BCUT2D eigenvalue weighted by molar-refractivity contribution is 5.80. The van der Waals surface area contributed by atoms with Crippen LogP contribution < -0.4 is 5.32 Å². The van der Waals surface area contributed by atoms with Gasteiger partial charge in [0.05, 0.1) is 11.7 Å². The highest BCUT2D eigenvalue weighted by Crippen LogP contribution is 2.28. The molecule has 1 fully saturated rings. The third-order valence-electron chi connectivity index (χ3n) is 4.68. The summed E-state index contributed by atoms with van der Waals surface area (Å²) in [6, 6.07) is 4.84. The lowest BCUT2D eigenvalue weighted by molar-refractivity contribution is -0.137. The van der Waals surface area contributed by atoms with E-state index in [1.54, 1.807) is 7.11 Å². The smallest absolute Gasteiger partial charge is 0.385 e. The Morgan fingerprint density at radius 1 is 1.20 bits per heavy atom. The normalized spacial score (nSPS) is 15.6. The number of hydrogen-bond acceptors (Lipinski definition) is 3. The summed E-state index contributed by atoms with van der Waals surface area (Å²) in [7, 11) is 1.69. The molecule has 0 amide bonds. The van der Waals surface area contributed by atoms with Crippen molar-refractivity contribution in [1.29, 1.82) is 0 Å². The molecule has 1 N–H and O–H groups in total. The molecule has 1 aliphatic rings. The van der Waals surface area contributed by atoms with Crippen LogP contribution in [0.3, 0.4) is 0 Å². The Bertz CT molecular complexity index is 716. The van der Waals surface area contributed by atoms with Crippen molar-refractivity contribution in [3.8, 4) is 11.8 Å². The van der Waals surface area contributed by atoms with Gasteiger partial charge in [-0.05, 0) is 50.5 Å². The first-order chi connectivity index (χ1) is 14.4. The molecule has 2 rings (SSSR count). The number of benzene rings is 1. The fraction of sp³-hybridized carbons (Fsp3) is 0.591. The topological polar surface area (TPSA) is 46.1 Å². The van der Waals surface area contributed by atoms with Crippen molar-refractivity contribution in [2.45, 2.75) is 38.5 Å². The SMILES string of the molecule is CCNC(=NCC#Cc1ccc(C(F)(F)F)cc1)N1CCC(OCCCOC)CC1. The summed E-state index contributed by atoms with van der Waals surface area (Å²) >= 11 is 0. The van der Waals surface area contributed by atoms with Crippen molar-refractivity contribution in [2.24, 2.45) is 4.99 Å². The number of rotatable bonds is 7. The average Bonchev–Trinajstić information content (AvgIpc) is 2.74. The highest BCUT2D eigenvalue weighted by atomic mass is 19.4. The molecule has 30 heavy (non-hydrogen) atoms. The number of guanidine groups is 1. The van der Waals surface area contributed by atoms with Crippen molar-refractivity contribution in [1.82, 2.24) is 10.2 Å². The molecule has 0 radical (unpaired) electrons. The van der Waals surface area contributed by atoms with Crippen LogP contribution in [-0.2, 0) is 15.7 Å². The predicted molar refractivity (Wildman–Crippen MR) is 111 cm³/mol. The predicted octanol–water partition coefficient (Wildman–Crippen LogP) is 3.54. The van der Waals surface area contributed by atoms with Gasteiger partial charge >= 0.3 is 6.18 Å². The van der Waals surface area contributed by atoms with Gasteiger partial charge in [0.2, 0.25) is 0 Å². The molecule has 8 heteroatoms. The van der Waals surface area contributed by atoms with E-state index in [4.69, 9.17) is 9.47 Å². The van der Waals surface area contributed by atoms with Gasteiger partial charge in [-0.25, -0.2) is 4.99 Å². The maximum absolute atomic E-state index is 12.6. The Morgan fingerprint density at radius 3 is 2.50 bits per heavy atom. The minimum atomic E-state index is -4.33. The van der Waals surface area contributed by atoms with Crippen LogP contribution in [0.4, 0.5) is 13.2 Å². The zero-order valence-corrected chi connectivity index (χ0v) is 17.6. The van der Waals surface area contributed by atoms with E-state index in [0.717, 1.165) is 57.0 Å². The van der Waals surface area contributed by atoms with Crippen LogP contribution in [0, 0.1) is 11.8 Å². The molecule has 1 aliphatic heterocycles. The van der Waals surface area contributed by atoms with Gasteiger partial charge in [-0.15, -0.1) is 0 Å². The van der Waals surface area contributed by atoms with Gasteiger partial charge in [-0.1, -0.05) is 11.8 Å². The molecule has 1 heterocycles. The molecule has 1 aromatic carbocycles. The average molecular weight is 425 g/mol. The van der Waals surface area contributed by atoms with Crippen molar-refractivity contribution < 1.29 is 22.6 Å². The summed E-state index contributed by atoms with van der Waals surface area (Å²) < 4.78 is 48.7. The quantitative estimate of drug-likeness (QED) is 0.314. The number of piperidine rings is 1. The van der Waals surface area contributed by atoms with Crippen LogP contribution in [0.15, 0.2) is 29.3 Å². The zero-order chi connectivity index (χ0) is 21.8. The van der Waals surface area contributed by atoms with Crippen LogP contribution in [0.5, 0.6) is 0 Å². The third kappa shape index (κ3) is 8.25. The number of nitrogens with one attached hydrogen (secondary N) is 1. The van der Waals surface area contributed by atoms with Crippen molar-refractivity contribution in [2.75, 3.05) is 46.5 Å². The lowest BCUT2D eigenvalue weighted by atomic mass is 10.1. The number of methoxy groups -OCH3 is 1. The molecule has 0 spiro atoms. The first-order valence-electron chi connectivity index (χ1n) is 10.2. The summed E-state index contributed by atoms with van der Waals surface area (Å²) in [5, 5.41) is 3.28. The number of nitrogens with zero attached hydrogens (tertiary/aromatic N) is 2. The second-order valence-corrected chi connectivity index (χ2v) is 6.95. The van der Waals surface area contributed by atoms with Gasteiger partial charge in [-0.3, -0.25) is 0 Å². The summed E-state index contributed by atoms with van der Waals surface area (Å²) in [5.41, 5.74) is -0.138. The second-order valence-electron chi connectivity index (χ2n) is 6.95. The maximum atomic E-state index is 12.6. The first kappa shape index (κ1) is 24.0. The van der Waals surface area contributed by atoms with Crippen molar-refractivity contribution in [3.63, 3.8) is 0 Å². The molecule has 1 saturated heterocycles. The maximum Gasteiger partial charge on any atom is 0.416 e. The Hall–Kier alpha value is -2.24. The van der Waals surface area contributed by atoms with Gasteiger partial charge in [0.15, 0.2) is 5.96 Å². The Balaban J connectivity index is 1.85. The fourth-order valence-corrected chi connectivity index (χ4v) is 3.11. The summed E-state index contributed by atoms with van der Waals surface area (Å²) in [6.45, 7) is 6.17. The van der Waals surface area contributed by atoms with Crippen LogP contribution in [-0.4, -0.2) is 63.5 Å². The molecule has 0 aliphatic carbocycles. The Kier molecular flexibility index (Phi) is 9.98. The monoisotopic (exact) mass is 425 g/mol. The van der Waals surface area contributed by atoms with Crippen molar-refractivity contribution in [3.05, 3.63) is 35.4 Å². The number of ether oxygens (including phenoxy) is 2. The molecular formula is C22H30F3N3O2. The second kappa shape index (κ2) is 12.5. The lowest BCUT2D eigenvalue weighted by Crippen LogP contribution is -2.47. The van der Waals surface area contributed by atoms with Gasteiger partial charge in [0.1, 0.15) is 6.54 Å². The minimum Gasteiger partial charge on any atom is -0.385 e. The number of likely N-dealkylation sites (tertiary alicyclic amines) is 1. The van der Waals surface area contributed by atoms with Crippen LogP contribution in [0.2, 0.25) is 0 Å². The summed E-state index contributed by atoms with van der Waals surface area (Å²) in [5.74, 6) is 6.58. The van der Waals surface area contributed by atoms with E-state index < -0.39 is 11.7 Å². The fourth-order valence-electron chi connectivity index (χ4n) is 3.11.